The molecule has 1 fully saturated rings. The molecule has 0 saturated carbocycles. The molecule has 0 aromatic rings. The van der Waals surface area contributed by atoms with E-state index in [0.717, 1.165) is 13.1 Å². The number of halogens is 1. The molecule has 0 aliphatic carbocycles. The van der Waals surface area contributed by atoms with Crippen LogP contribution in [0.25, 0.3) is 0 Å². The van der Waals surface area contributed by atoms with Gasteiger partial charge in [0.05, 0.1) is 13.2 Å². The molecule has 5 heteroatoms. The Morgan fingerprint density at radius 2 is 2.31 bits per heavy atom. The van der Waals surface area contributed by atoms with Gasteiger partial charge in [0.1, 0.15) is 0 Å². The molecule has 0 spiro atoms. The minimum absolute atomic E-state index is 0.382. The minimum atomic E-state index is -0.860. The van der Waals surface area contributed by atoms with Crippen LogP contribution in [0, 0.1) is 5.92 Å². The number of nitrogens with zero attached hydrogens (tertiary/aromatic N) is 1. The maximum atomic E-state index is 10.9. The minimum Gasteiger partial charge on any atom is -0.420 e. The van der Waals surface area contributed by atoms with Gasteiger partial charge >= 0.3 is 5.43 Å². The quantitative estimate of drug-likeness (QED) is 0.718. The second kappa shape index (κ2) is 5.84. The van der Waals surface area contributed by atoms with Crippen molar-refractivity contribution in [3.63, 3.8) is 0 Å². The topological polar surface area (TPSA) is 38.8 Å². The van der Waals surface area contributed by atoms with E-state index in [2.05, 4.69) is 25.7 Å². The van der Waals surface area contributed by atoms with Crippen molar-refractivity contribution in [3.05, 3.63) is 0 Å². The highest BCUT2D eigenvalue weighted by Crippen LogP contribution is 2.28. The lowest BCUT2D eigenvalue weighted by Gasteiger charge is -2.41. The number of carbonyl (C=O) groups excluding carboxylic acids is 1. The first-order valence-electron chi connectivity index (χ1n) is 5.72. The van der Waals surface area contributed by atoms with Gasteiger partial charge in [0.25, 0.3) is 0 Å². The van der Waals surface area contributed by atoms with Gasteiger partial charge in [-0.25, -0.2) is 4.79 Å². The van der Waals surface area contributed by atoms with Gasteiger partial charge < -0.3 is 9.47 Å². The molecule has 0 radical (unpaired) electrons. The van der Waals surface area contributed by atoms with Crippen LogP contribution in [0.3, 0.4) is 0 Å². The van der Waals surface area contributed by atoms with Crippen LogP contribution in [0.2, 0.25) is 0 Å². The molecule has 4 nitrogen and oxygen atoms in total. The predicted molar refractivity (Wildman–Crippen MR) is 62.6 cm³/mol. The molecule has 16 heavy (non-hydrogen) atoms. The third kappa shape index (κ3) is 3.92. The van der Waals surface area contributed by atoms with Gasteiger partial charge in [-0.3, -0.25) is 4.90 Å². The van der Waals surface area contributed by atoms with E-state index in [1.165, 1.54) is 0 Å². The van der Waals surface area contributed by atoms with Crippen LogP contribution in [0.15, 0.2) is 0 Å². The number of morpholine rings is 1. The van der Waals surface area contributed by atoms with E-state index in [4.69, 9.17) is 21.1 Å². The molecule has 1 unspecified atom stereocenters. The number of carbonyl (C=O) groups is 1. The van der Waals surface area contributed by atoms with Crippen molar-refractivity contribution < 1.29 is 14.3 Å². The smallest absolute Gasteiger partial charge is 0.406 e. The standard InChI is InChI=1S/C11H20ClNO3/c1-4-13-5-6-15-11(8-13,7-9(2)3)16-10(12)14/h9H,4-8H2,1-3H3. The molecule has 0 bridgehead atoms. The van der Waals surface area contributed by atoms with Crippen LogP contribution in [0.4, 0.5) is 4.79 Å². The molecule has 1 heterocycles. The van der Waals surface area contributed by atoms with Crippen molar-refractivity contribution in [2.24, 2.45) is 5.92 Å². The van der Waals surface area contributed by atoms with Crippen LogP contribution in [0.5, 0.6) is 0 Å². The molecule has 1 atom stereocenters. The summed E-state index contributed by atoms with van der Waals surface area (Å²) in [5, 5.41) is 0. The molecule has 94 valence electrons. The SMILES string of the molecule is CCN1CCOC(CC(C)C)(OC(=O)Cl)C1. The third-order valence-corrected chi connectivity index (χ3v) is 2.75. The summed E-state index contributed by atoms with van der Waals surface area (Å²) in [5.74, 6) is -0.478. The molecule has 0 aromatic carbocycles. The van der Waals surface area contributed by atoms with Gasteiger partial charge in [0.15, 0.2) is 0 Å². The first kappa shape index (κ1) is 13.7. The van der Waals surface area contributed by atoms with Crippen molar-refractivity contribution in [2.75, 3.05) is 26.2 Å². The van der Waals surface area contributed by atoms with Gasteiger partial charge in [-0.2, -0.15) is 0 Å². The molecule has 1 saturated heterocycles. The molecule has 1 aliphatic rings. The van der Waals surface area contributed by atoms with Crippen molar-refractivity contribution in [2.45, 2.75) is 33.0 Å². The molecule has 0 amide bonds. The van der Waals surface area contributed by atoms with E-state index in [9.17, 15) is 4.79 Å². The highest BCUT2D eigenvalue weighted by atomic mass is 35.5. The molecule has 1 rings (SSSR count). The molecular weight excluding hydrogens is 230 g/mol. The van der Waals surface area contributed by atoms with Gasteiger partial charge in [0.2, 0.25) is 5.79 Å². The third-order valence-electron chi connectivity index (χ3n) is 2.67. The summed E-state index contributed by atoms with van der Waals surface area (Å²) in [6, 6.07) is 0. The maximum absolute atomic E-state index is 10.9. The summed E-state index contributed by atoms with van der Waals surface area (Å²) < 4.78 is 10.8. The predicted octanol–water partition coefficient (Wildman–Crippen LogP) is 2.46. The Labute approximate surface area is 102 Å². The Bertz CT molecular complexity index is 247. The van der Waals surface area contributed by atoms with Gasteiger partial charge in [0, 0.05) is 24.6 Å². The van der Waals surface area contributed by atoms with Gasteiger partial charge in [-0.15, -0.1) is 0 Å². The summed E-state index contributed by atoms with van der Waals surface area (Å²) in [7, 11) is 0. The van der Waals surface area contributed by atoms with Crippen molar-refractivity contribution in [1.29, 1.82) is 0 Å². The number of rotatable bonds is 4. The first-order valence-corrected chi connectivity index (χ1v) is 6.10. The highest BCUT2D eigenvalue weighted by Gasteiger charge is 2.40. The number of ether oxygens (including phenoxy) is 2. The lowest BCUT2D eigenvalue weighted by molar-refractivity contribution is -0.240. The van der Waals surface area contributed by atoms with E-state index in [-0.39, 0.29) is 0 Å². The molecule has 1 aliphatic heterocycles. The van der Waals surface area contributed by atoms with Crippen LogP contribution >= 0.6 is 11.6 Å². The normalized spacial score (nSPS) is 27.1. The maximum Gasteiger partial charge on any atom is 0.406 e. The largest absolute Gasteiger partial charge is 0.420 e. The van der Waals surface area contributed by atoms with Crippen LogP contribution in [0.1, 0.15) is 27.2 Å². The lowest BCUT2D eigenvalue weighted by Crippen LogP contribution is -2.54. The number of likely N-dealkylation sites (N-methyl/N-ethyl adjacent to an activating group) is 1. The summed E-state index contributed by atoms with van der Waals surface area (Å²) >= 11 is 5.32. The number of hydrogen-bond donors (Lipinski definition) is 0. The Morgan fingerprint density at radius 3 is 2.81 bits per heavy atom. The van der Waals surface area contributed by atoms with Crippen LogP contribution < -0.4 is 0 Å². The van der Waals surface area contributed by atoms with Crippen molar-refractivity contribution in [1.82, 2.24) is 4.90 Å². The second-order valence-corrected chi connectivity index (χ2v) is 4.87. The molecule has 0 N–H and O–H groups in total. The Hall–Kier alpha value is -0.320. The average Bonchev–Trinajstić information content (AvgIpc) is 2.15. The monoisotopic (exact) mass is 249 g/mol. The Balaban J connectivity index is 2.72. The van der Waals surface area contributed by atoms with Crippen molar-refractivity contribution >= 4 is 17.0 Å². The fourth-order valence-electron chi connectivity index (χ4n) is 2.09. The Morgan fingerprint density at radius 1 is 1.62 bits per heavy atom. The fourth-order valence-corrected chi connectivity index (χ4v) is 2.23. The van der Waals surface area contributed by atoms with Crippen molar-refractivity contribution in [3.8, 4) is 0 Å². The molecular formula is C11H20ClNO3. The van der Waals surface area contributed by atoms with Gasteiger partial charge in [-0.05, 0) is 12.5 Å². The van der Waals surface area contributed by atoms with E-state index >= 15 is 0 Å². The average molecular weight is 250 g/mol. The summed E-state index contributed by atoms with van der Waals surface area (Å²) in [6.07, 6.45) is 0.669. The summed E-state index contributed by atoms with van der Waals surface area (Å²) in [5.41, 5.74) is -0.793. The zero-order valence-corrected chi connectivity index (χ0v) is 10.9. The zero-order chi connectivity index (χ0) is 12.2. The Kier molecular flexibility index (Phi) is 5.02. The van der Waals surface area contributed by atoms with E-state index in [1.807, 2.05) is 0 Å². The summed E-state index contributed by atoms with van der Waals surface area (Å²) in [6.45, 7) is 9.17. The molecule has 0 aromatic heterocycles. The van der Waals surface area contributed by atoms with Crippen LogP contribution in [-0.2, 0) is 9.47 Å². The van der Waals surface area contributed by atoms with Crippen LogP contribution in [-0.4, -0.2) is 42.4 Å². The number of hydrogen-bond acceptors (Lipinski definition) is 4. The fraction of sp³-hybridized carbons (Fsp3) is 0.909. The van der Waals surface area contributed by atoms with E-state index in [0.29, 0.717) is 25.5 Å². The second-order valence-electron chi connectivity index (χ2n) is 4.57. The highest BCUT2D eigenvalue weighted by molar-refractivity contribution is 6.61. The summed E-state index contributed by atoms with van der Waals surface area (Å²) in [4.78, 5) is 13.1. The first-order chi connectivity index (χ1) is 7.47. The zero-order valence-electron chi connectivity index (χ0n) is 10.2. The van der Waals surface area contributed by atoms with E-state index in [1.54, 1.807) is 0 Å². The van der Waals surface area contributed by atoms with Gasteiger partial charge in [-0.1, -0.05) is 20.8 Å². The van der Waals surface area contributed by atoms with E-state index < -0.39 is 11.2 Å². The lowest BCUT2D eigenvalue weighted by atomic mass is 10.0.